The Morgan fingerprint density at radius 1 is 1.42 bits per heavy atom. The first-order chi connectivity index (χ1) is 11.6. The fourth-order valence-electron chi connectivity index (χ4n) is 2.98. The van der Waals surface area contributed by atoms with E-state index in [2.05, 4.69) is 11.4 Å². The number of hydrogen-bond donors (Lipinski definition) is 1. The third-order valence-electron chi connectivity index (χ3n) is 4.26. The van der Waals surface area contributed by atoms with Crippen LogP contribution in [0.25, 0.3) is 0 Å². The lowest BCUT2D eigenvalue weighted by atomic mass is 10.2. The minimum absolute atomic E-state index is 0.0921. The van der Waals surface area contributed by atoms with Crippen molar-refractivity contribution in [1.29, 1.82) is 5.26 Å². The number of nitriles is 1. The van der Waals surface area contributed by atoms with Crippen molar-refractivity contribution in [3.63, 3.8) is 0 Å². The summed E-state index contributed by atoms with van der Waals surface area (Å²) in [5.41, 5.74) is 2.53. The molecule has 0 aliphatic carbocycles. The van der Waals surface area contributed by atoms with Crippen LogP contribution in [0.4, 0.5) is 5.69 Å². The Kier molecular flexibility index (Phi) is 4.54. The van der Waals surface area contributed by atoms with Gasteiger partial charge in [0.05, 0.1) is 7.11 Å². The van der Waals surface area contributed by atoms with Gasteiger partial charge in [-0.25, -0.2) is 0 Å². The van der Waals surface area contributed by atoms with Crippen LogP contribution in [0.2, 0.25) is 0 Å². The van der Waals surface area contributed by atoms with E-state index >= 15 is 0 Å². The van der Waals surface area contributed by atoms with Gasteiger partial charge in [-0.3, -0.25) is 4.79 Å². The molecule has 2 aromatic rings. The molecule has 2 heterocycles. The summed E-state index contributed by atoms with van der Waals surface area (Å²) < 4.78 is 7.03. The van der Waals surface area contributed by atoms with Crippen molar-refractivity contribution < 1.29 is 9.53 Å². The van der Waals surface area contributed by atoms with E-state index < -0.39 is 0 Å². The van der Waals surface area contributed by atoms with E-state index in [1.54, 1.807) is 16.6 Å². The zero-order valence-electron chi connectivity index (χ0n) is 13.8. The van der Waals surface area contributed by atoms with Crippen molar-refractivity contribution in [2.45, 2.75) is 19.0 Å². The van der Waals surface area contributed by atoms with Crippen LogP contribution in [-0.2, 0) is 18.4 Å². The summed E-state index contributed by atoms with van der Waals surface area (Å²) in [5.74, 6) is 0.844. The molecule has 3 rings (SSSR count). The van der Waals surface area contributed by atoms with Crippen LogP contribution in [0.3, 0.4) is 0 Å². The minimum atomic E-state index is 0.0921. The summed E-state index contributed by atoms with van der Waals surface area (Å²) >= 11 is 0. The predicted molar refractivity (Wildman–Crippen MR) is 90.7 cm³/mol. The number of benzene rings is 1. The van der Waals surface area contributed by atoms with Crippen molar-refractivity contribution in [1.82, 2.24) is 9.88 Å². The third-order valence-corrected chi connectivity index (χ3v) is 4.26. The van der Waals surface area contributed by atoms with Crippen molar-refractivity contribution in [2.75, 3.05) is 18.6 Å². The molecule has 0 saturated carbocycles. The molecule has 1 aliphatic rings. The van der Waals surface area contributed by atoms with Crippen LogP contribution in [0.1, 0.15) is 17.7 Å². The van der Waals surface area contributed by atoms with E-state index in [9.17, 15) is 4.79 Å². The standard InChI is InChI=1S/C18H20N4O2/c1-21-11-13(6-16(21)9-19)10-20-14-7-18(23)22(12-14)15-4-3-5-17(8-15)24-2/h3-6,8,11,14,20H,7,10,12H2,1-2H3. The molecule has 124 valence electrons. The van der Waals surface area contributed by atoms with Crippen LogP contribution in [-0.4, -0.2) is 30.2 Å². The van der Waals surface area contributed by atoms with Gasteiger partial charge >= 0.3 is 0 Å². The zero-order chi connectivity index (χ0) is 17.1. The lowest BCUT2D eigenvalue weighted by molar-refractivity contribution is -0.117. The number of aryl methyl sites for hydroxylation is 1. The molecule has 24 heavy (non-hydrogen) atoms. The first-order valence-electron chi connectivity index (χ1n) is 7.84. The number of rotatable bonds is 5. The normalized spacial score (nSPS) is 17.1. The van der Waals surface area contributed by atoms with E-state index in [4.69, 9.17) is 10.00 Å². The smallest absolute Gasteiger partial charge is 0.228 e. The summed E-state index contributed by atoms with van der Waals surface area (Å²) in [6, 6.07) is 11.6. The second kappa shape index (κ2) is 6.77. The van der Waals surface area contributed by atoms with Crippen LogP contribution >= 0.6 is 0 Å². The molecule has 1 saturated heterocycles. The van der Waals surface area contributed by atoms with Crippen molar-refractivity contribution in [3.8, 4) is 11.8 Å². The van der Waals surface area contributed by atoms with Crippen LogP contribution in [0.15, 0.2) is 36.5 Å². The van der Waals surface area contributed by atoms with E-state index in [1.807, 2.05) is 43.6 Å². The Hall–Kier alpha value is -2.78. The predicted octanol–water partition coefficient (Wildman–Crippen LogP) is 1.80. The van der Waals surface area contributed by atoms with E-state index in [0.29, 0.717) is 25.2 Å². The fourth-order valence-corrected chi connectivity index (χ4v) is 2.98. The maximum absolute atomic E-state index is 12.3. The van der Waals surface area contributed by atoms with Gasteiger partial charge in [-0.2, -0.15) is 5.26 Å². The highest BCUT2D eigenvalue weighted by Crippen LogP contribution is 2.25. The van der Waals surface area contributed by atoms with E-state index in [1.165, 1.54) is 0 Å². The van der Waals surface area contributed by atoms with Crippen LogP contribution in [0, 0.1) is 11.3 Å². The average Bonchev–Trinajstić information content (AvgIpc) is 3.15. The summed E-state index contributed by atoms with van der Waals surface area (Å²) in [5, 5.41) is 12.4. The second-order valence-electron chi connectivity index (χ2n) is 5.94. The molecule has 6 heteroatoms. The molecule has 6 nitrogen and oxygen atoms in total. The van der Waals surface area contributed by atoms with Crippen LogP contribution in [0.5, 0.6) is 5.75 Å². The molecular formula is C18H20N4O2. The number of methoxy groups -OCH3 is 1. The highest BCUT2D eigenvalue weighted by atomic mass is 16.5. The number of nitrogens with zero attached hydrogens (tertiary/aromatic N) is 3. The number of anilines is 1. The molecule has 1 N–H and O–H groups in total. The largest absolute Gasteiger partial charge is 0.497 e. The molecule has 1 fully saturated rings. The minimum Gasteiger partial charge on any atom is -0.497 e. The van der Waals surface area contributed by atoms with Gasteiger partial charge in [-0.15, -0.1) is 0 Å². The maximum Gasteiger partial charge on any atom is 0.228 e. The highest BCUT2D eigenvalue weighted by Gasteiger charge is 2.30. The Balaban J connectivity index is 1.63. The highest BCUT2D eigenvalue weighted by molar-refractivity contribution is 5.96. The first kappa shape index (κ1) is 16.1. The number of carbonyl (C=O) groups excluding carboxylic acids is 1. The van der Waals surface area contributed by atoms with Crippen molar-refractivity contribution in [3.05, 3.63) is 47.8 Å². The lowest BCUT2D eigenvalue weighted by Gasteiger charge is -2.18. The van der Waals surface area contributed by atoms with Gasteiger partial charge in [0.2, 0.25) is 5.91 Å². The van der Waals surface area contributed by atoms with E-state index in [-0.39, 0.29) is 11.9 Å². The van der Waals surface area contributed by atoms with Crippen molar-refractivity contribution in [2.24, 2.45) is 7.05 Å². The summed E-state index contributed by atoms with van der Waals surface area (Å²) in [4.78, 5) is 14.1. The van der Waals surface area contributed by atoms with Gasteiger partial charge in [-0.1, -0.05) is 6.07 Å². The molecule has 1 aromatic heterocycles. The Morgan fingerprint density at radius 3 is 2.96 bits per heavy atom. The molecule has 1 amide bonds. The SMILES string of the molecule is COc1cccc(N2CC(NCc3cc(C#N)n(C)c3)CC2=O)c1. The number of ether oxygens (including phenoxy) is 1. The van der Waals surface area contributed by atoms with Crippen molar-refractivity contribution >= 4 is 11.6 Å². The number of nitrogens with one attached hydrogen (secondary N) is 1. The van der Waals surface area contributed by atoms with Gasteiger partial charge in [0, 0.05) is 50.6 Å². The number of amides is 1. The number of aromatic nitrogens is 1. The quantitative estimate of drug-likeness (QED) is 0.910. The molecule has 1 aromatic carbocycles. The molecule has 1 unspecified atom stereocenters. The number of carbonyl (C=O) groups is 1. The Morgan fingerprint density at radius 2 is 2.25 bits per heavy atom. The molecule has 0 radical (unpaired) electrons. The van der Waals surface area contributed by atoms with Gasteiger partial charge in [0.1, 0.15) is 17.5 Å². The summed E-state index contributed by atoms with van der Waals surface area (Å²) in [6.45, 7) is 1.27. The third kappa shape index (κ3) is 3.26. The molecule has 0 spiro atoms. The molecular weight excluding hydrogens is 304 g/mol. The van der Waals surface area contributed by atoms with Gasteiger partial charge in [-0.05, 0) is 23.8 Å². The molecule has 0 bridgehead atoms. The average molecular weight is 324 g/mol. The second-order valence-corrected chi connectivity index (χ2v) is 5.94. The monoisotopic (exact) mass is 324 g/mol. The Bertz CT molecular complexity index is 791. The Labute approximate surface area is 141 Å². The molecule has 1 atom stereocenters. The molecule has 1 aliphatic heterocycles. The summed E-state index contributed by atoms with van der Waals surface area (Å²) in [6.07, 6.45) is 2.40. The topological polar surface area (TPSA) is 70.3 Å². The van der Waals surface area contributed by atoms with Gasteiger partial charge in [0.15, 0.2) is 0 Å². The first-order valence-corrected chi connectivity index (χ1v) is 7.84. The van der Waals surface area contributed by atoms with Gasteiger partial charge < -0.3 is 19.5 Å². The van der Waals surface area contributed by atoms with Gasteiger partial charge in [0.25, 0.3) is 0 Å². The lowest BCUT2D eigenvalue weighted by Crippen LogP contribution is -2.32. The fraction of sp³-hybridized carbons (Fsp3) is 0.333. The zero-order valence-corrected chi connectivity index (χ0v) is 13.8. The number of hydrogen-bond acceptors (Lipinski definition) is 4. The van der Waals surface area contributed by atoms with Crippen LogP contribution < -0.4 is 15.0 Å². The maximum atomic E-state index is 12.3. The summed E-state index contributed by atoms with van der Waals surface area (Å²) in [7, 11) is 3.47. The van der Waals surface area contributed by atoms with E-state index in [0.717, 1.165) is 17.0 Å².